The lowest BCUT2D eigenvalue weighted by Crippen LogP contribution is -2.31. The van der Waals surface area contributed by atoms with Crippen LogP contribution in [0.25, 0.3) is 0 Å². The molecule has 0 aromatic carbocycles. The molecule has 1 aromatic heterocycles. The van der Waals surface area contributed by atoms with Crippen LogP contribution in [0, 0.1) is 5.92 Å². The van der Waals surface area contributed by atoms with Gasteiger partial charge in [0.05, 0.1) is 0 Å². The van der Waals surface area contributed by atoms with E-state index in [-0.39, 0.29) is 5.91 Å². The van der Waals surface area contributed by atoms with E-state index in [1.165, 1.54) is 37.2 Å². The van der Waals surface area contributed by atoms with Gasteiger partial charge in [0.1, 0.15) is 0 Å². The lowest BCUT2D eigenvalue weighted by atomic mass is 9.89. The van der Waals surface area contributed by atoms with Crippen LogP contribution in [-0.4, -0.2) is 26.9 Å². The molecule has 6 heteroatoms. The van der Waals surface area contributed by atoms with Crippen LogP contribution in [0.4, 0.5) is 0 Å². The standard InChI is InChI=1S/C10H14BrN3OS/c11-8-3-1-7(2-4-8)5-12-10(15)9-6-16-14-13-9/h6-8H,1-5H2,(H,12,15). The van der Waals surface area contributed by atoms with Gasteiger partial charge < -0.3 is 5.32 Å². The molecule has 1 fully saturated rings. The van der Waals surface area contributed by atoms with Gasteiger partial charge in [-0.25, -0.2) is 0 Å². The van der Waals surface area contributed by atoms with Gasteiger partial charge in [-0.1, -0.05) is 20.4 Å². The molecule has 0 aliphatic heterocycles. The number of amides is 1. The van der Waals surface area contributed by atoms with Crippen LogP contribution in [0.2, 0.25) is 0 Å². The second-order valence-corrected chi connectivity index (χ2v) is 6.02. The number of hydrogen-bond donors (Lipinski definition) is 1. The number of carbonyl (C=O) groups excluding carboxylic acids is 1. The maximum atomic E-state index is 11.6. The highest BCUT2D eigenvalue weighted by Gasteiger charge is 2.20. The highest BCUT2D eigenvalue weighted by atomic mass is 79.9. The van der Waals surface area contributed by atoms with E-state index in [1.54, 1.807) is 5.38 Å². The maximum absolute atomic E-state index is 11.6. The number of nitrogens with one attached hydrogen (secondary N) is 1. The zero-order chi connectivity index (χ0) is 11.4. The molecular formula is C10H14BrN3OS. The predicted octanol–water partition coefficient (Wildman–Crippen LogP) is 2.22. The third-order valence-corrected chi connectivity index (χ3v) is 4.34. The highest BCUT2D eigenvalue weighted by Crippen LogP contribution is 2.28. The molecule has 0 radical (unpaired) electrons. The molecule has 1 saturated carbocycles. The minimum Gasteiger partial charge on any atom is -0.350 e. The molecular weight excluding hydrogens is 290 g/mol. The van der Waals surface area contributed by atoms with E-state index in [0.717, 1.165) is 6.54 Å². The van der Waals surface area contributed by atoms with Crippen LogP contribution >= 0.6 is 27.5 Å². The second-order valence-electron chi connectivity index (χ2n) is 4.12. The molecule has 0 bridgehead atoms. The van der Waals surface area contributed by atoms with Gasteiger partial charge in [-0.05, 0) is 43.1 Å². The van der Waals surface area contributed by atoms with Crippen molar-refractivity contribution >= 4 is 33.4 Å². The number of aromatic nitrogens is 2. The Morgan fingerprint density at radius 3 is 2.88 bits per heavy atom. The third-order valence-electron chi connectivity index (χ3n) is 2.92. The largest absolute Gasteiger partial charge is 0.350 e. The summed E-state index contributed by atoms with van der Waals surface area (Å²) in [5, 5.41) is 8.33. The van der Waals surface area contributed by atoms with Gasteiger partial charge in [0, 0.05) is 16.8 Å². The molecule has 88 valence electrons. The zero-order valence-electron chi connectivity index (χ0n) is 8.86. The van der Waals surface area contributed by atoms with Gasteiger partial charge in [-0.2, -0.15) is 0 Å². The normalized spacial score (nSPS) is 25.3. The number of nitrogens with zero attached hydrogens (tertiary/aromatic N) is 2. The molecule has 0 saturated heterocycles. The van der Waals surface area contributed by atoms with Gasteiger partial charge >= 0.3 is 0 Å². The summed E-state index contributed by atoms with van der Waals surface area (Å²) in [7, 11) is 0. The van der Waals surface area contributed by atoms with Crippen LogP contribution < -0.4 is 5.32 Å². The van der Waals surface area contributed by atoms with Crippen LogP contribution in [-0.2, 0) is 0 Å². The van der Waals surface area contributed by atoms with Gasteiger partial charge in [0.25, 0.3) is 5.91 Å². The van der Waals surface area contributed by atoms with Crippen molar-refractivity contribution in [2.75, 3.05) is 6.54 Å². The Balaban J connectivity index is 1.73. The quantitative estimate of drug-likeness (QED) is 0.871. The van der Waals surface area contributed by atoms with Crippen molar-refractivity contribution in [3.05, 3.63) is 11.1 Å². The zero-order valence-corrected chi connectivity index (χ0v) is 11.3. The Morgan fingerprint density at radius 2 is 2.25 bits per heavy atom. The summed E-state index contributed by atoms with van der Waals surface area (Å²) in [6.45, 7) is 0.760. The van der Waals surface area contributed by atoms with Crippen molar-refractivity contribution in [1.82, 2.24) is 14.9 Å². The van der Waals surface area contributed by atoms with Crippen LogP contribution in [0.1, 0.15) is 36.2 Å². The van der Waals surface area contributed by atoms with Gasteiger partial charge in [-0.15, -0.1) is 5.10 Å². The number of halogens is 1. The molecule has 1 aliphatic rings. The smallest absolute Gasteiger partial charge is 0.272 e. The molecule has 0 spiro atoms. The topological polar surface area (TPSA) is 54.9 Å². The Labute approximate surface area is 107 Å². The SMILES string of the molecule is O=C(NCC1CCC(Br)CC1)c1csnn1. The summed E-state index contributed by atoms with van der Waals surface area (Å²) in [5.41, 5.74) is 0.430. The lowest BCUT2D eigenvalue weighted by Gasteiger charge is -2.25. The van der Waals surface area contributed by atoms with E-state index in [1.807, 2.05) is 0 Å². The lowest BCUT2D eigenvalue weighted by molar-refractivity contribution is 0.0939. The van der Waals surface area contributed by atoms with Crippen molar-refractivity contribution < 1.29 is 4.79 Å². The first-order valence-electron chi connectivity index (χ1n) is 5.45. The van der Waals surface area contributed by atoms with Crippen molar-refractivity contribution in [2.24, 2.45) is 5.92 Å². The van der Waals surface area contributed by atoms with Crippen molar-refractivity contribution in [3.63, 3.8) is 0 Å². The van der Waals surface area contributed by atoms with E-state index in [4.69, 9.17) is 0 Å². The summed E-state index contributed by atoms with van der Waals surface area (Å²) in [4.78, 5) is 12.3. The van der Waals surface area contributed by atoms with E-state index in [2.05, 4.69) is 30.8 Å². The van der Waals surface area contributed by atoms with E-state index >= 15 is 0 Å². The van der Waals surface area contributed by atoms with E-state index in [0.29, 0.717) is 16.4 Å². The van der Waals surface area contributed by atoms with Gasteiger partial charge in [0.2, 0.25) is 0 Å². The molecule has 0 atom stereocenters. The molecule has 1 heterocycles. The van der Waals surface area contributed by atoms with Gasteiger partial charge in [0.15, 0.2) is 5.69 Å². The summed E-state index contributed by atoms with van der Waals surface area (Å²) >= 11 is 4.82. The summed E-state index contributed by atoms with van der Waals surface area (Å²) < 4.78 is 3.67. The summed E-state index contributed by atoms with van der Waals surface area (Å²) in [6.07, 6.45) is 4.79. The predicted molar refractivity (Wildman–Crippen MR) is 66.9 cm³/mol. The number of alkyl halides is 1. The summed E-state index contributed by atoms with van der Waals surface area (Å²) in [6, 6.07) is 0. The average Bonchev–Trinajstić information content (AvgIpc) is 2.81. The molecule has 1 amide bonds. The second kappa shape index (κ2) is 5.72. The van der Waals surface area contributed by atoms with Crippen molar-refractivity contribution in [1.29, 1.82) is 0 Å². The fourth-order valence-electron chi connectivity index (χ4n) is 1.92. The Morgan fingerprint density at radius 1 is 1.50 bits per heavy atom. The highest BCUT2D eigenvalue weighted by molar-refractivity contribution is 9.09. The first-order valence-corrected chi connectivity index (χ1v) is 7.20. The molecule has 16 heavy (non-hydrogen) atoms. The van der Waals surface area contributed by atoms with Gasteiger partial charge in [-0.3, -0.25) is 4.79 Å². The maximum Gasteiger partial charge on any atom is 0.272 e. The fourth-order valence-corrected chi connectivity index (χ4v) is 2.88. The van der Waals surface area contributed by atoms with Crippen LogP contribution in [0.3, 0.4) is 0 Å². The van der Waals surface area contributed by atoms with Crippen LogP contribution in [0.15, 0.2) is 5.38 Å². The first kappa shape index (κ1) is 12.0. The van der Waals surface area contributed by atoms with Crippen molar-refractivity contribution in [3.8, 4) is 0 Å². The molecule has 1 aliphatic carbocycles. The number of hydrogen-bond acceptors (Lipinski definition) is 4. The van der Waals surface area contributed by atoms with Crippen molar-refractivity contribution in [2.45, 2.75) is 30.5 Å². The Hall–Kier alpha value is -0.490. The fraction of sp³-hybridized carbons (Fsp3) is 0.700. The molecule has 1 aromatic rings. The minimum absolute atomic E-state index is 0.102. The molecule has 1 N–H and O–H groups in total. The minimum atomic E-state index is -0.102. The summed E-state index contributed by atoms with van der Waals surface area (Å²) in [5.74, 6) is 0.513. The Bertz CT molecular complexity index is 336. The first-order chi connectivity index (χ1) is 7.75. The number of carbonyl (C=O) groups is 1. The average molecular weight is 304 g/mol. The van der Waals surface area contributed by atoms with E-state index in [9.17, 15) is 4.79 Å². The molecule has 4 nitrogen and oxygen atoms in total. The monoisotopic (exact) mass is 303 g/mol. The molecule has 2 rings (SSSR count). The third kappa shape index (κ3) is 3.25. The Kier molecular flexibility index (Phi) is 4.29. The molecule has 0 unspecified atom stereocenters. The van der Waals surface area contributed by atoms with E-state index < -0.39 is 0 Å². The van der Waals surface area contributed by atoms with Crippen LogP contribution in [0.5, 0.6) is 0 Å². The number of rotatable bonds is 3.